The summed E-state index contributed by atoms with van der Waals surface area (Å²) >= 11 is 0. The lowest BCUT2D eigenvalue weighted by Crippen LogP contribution is -1.97. The van der Waals surface area contributed by atoms with Crippen LogP contribution in [0, 0.1) is 6.92 Å². The van der Waals surface area contributed by atoms with Crippen molar-refractivity contribution in [1.82, 2.24) is 4.98 Å². The Kier molecular flexibility index (Phi) is 3.74. The molecule has 3 aromatic rings. The third kappa shape index (κ3) is 2.63. The highest BCUT2D eigenvalue weighted by molar-refractivity contribution is 5.96. The highest BCUT2D eigenvalue weighted by atomic mass is 16.5. The quantitative estimate of drug-likeness (QED) is 0.746. The van der Waals surface area contributed by atoms with Crippen molar-refractivity contribution in [1.29, 1.82) is 0 Å². The van der Waals surface area contributed by atoms with E-state index in [0.717, 1.165) is 10.9 Å². The molecule has 0 fully saturated rings. The van der Waals surface area contributed by atoms with Crippen molar-refractivity contribution in [2.24, 2.45) is 0 Å². The van der Waals surface area contributed by atoms with Gasteiger partial charge >= 0.3 is 0 Å². The second-order valence-corrected chi connectivity index (χ2v) is 5.03. The van der Waals surface area contributed by atoms with Gasteiger partial charge in [0.05, 0.1) is 0 Å². The second kappa shape index (κ2) is 5.85. The zero-order valence-electron chi connectivity index (χ0n) is 12.1. The molecule has 2 aromatic carbocycles. The van der Waals surface area contributed by atoms with Crippen LogP contribution in [0.15, 0.2) is 48.5 Å². The lowest BCUT2D eigenvalue weighted by Gasteiger charge is -2.10. The van der Waals surface area contributed by atoms with Crippen LogP contribution in [-0.2, 0) is 6.61 Å². The lowest BCUT2D eigenvalue weighted by molar-refractivity contribution is 0.111. The Labute approximate surface area is 128 Å². The molecule has 110 valence electrons. The van der Waals surface area contributed by atoms with Crippen molar-refractivity contribution in [3.8, 4) is 11.5 Å². The molecule has 1 heterocycles. The maximum atomic E-state index is 10.9. The van der Waals surface area contributed by atoms with E-state index in [0.29, 0.717) is 29.7 Å². The molecule has 22 heavy (non-hydrogen) atoms. The highest BCUT2D eigenvalue weighted by Gasteiger charge is 2.11. The van der Waals surface area contributed by atoms with E-state index in [2.05, 4.69) is 4.98 Å². The molecular weight excluding hydrogens is 278 g/mol. The summed E-state index contributed by atoms with van der Waals surface area (Å²) in [7, 11) is 0. The fourth-order valence-corrected chi connectivity index (χ4v) is 2.37. The number of carbonyl (C=O) groups is 1. The Bertz CT molecular complexity index is 829. The number of ether oxygens (including phenoxy) is 1. The van der Waals surface area contributed by atoms with E-state index in [-0.39, 0.29) is 11.4 Å². The predicted molar refractivity (Wildman–Crippen MR) is 84.3 cm³/mol. The number of hydrogen-bond acceptors (Lipinski definition) is 4. The minimum Gasteiger partial charge on any atom is -0.505 e. The molecule has 1 aromatic heterocycles. The van der Waals surface area contributed by atoms with Gasteiger partial charge in [-0.05, 0) is 30.7 Å². The van der Waals surface area contributed by atoms with Crippen molar-refractivity contribution in [3.05, 3.63) is 65.5 Å². The first-order valence-corrected chi connectivity index (χ1v) is 6.94. The first-order valence-electron chi connectivity index (χ1n) is 6.94. The van der Waals surface area contributed by atoms with Crippen LogP contribution in [-0.4, -0.2) is 16.4 Å². The van der Waals surface area contributed by atoms with Gasteiger partial charge in [0.15, 0.2) is 12.0 Å². The SMILES string of the molecule is Cc1nc(C=O)c(O)c2ccc(OCc3ccccc3)cc12. The molecule has 1 N–H and O–H groups in total. The number of aromatic nitrogens is 1. The Morgan fingerprint density at radius 3 is 2.64 bits per heavy atom. The normalized spacial score (nSPS) is 10.6. The van der Waals surface area contributed by atoms with Crippen molar-refractivity contribution in [2.75, 3.05) is 0 Å². The monoisotopic (exact) mass is 293 g/mol. The first-order chi connectivity index (χ1) is 10.7. The van der Waals surface area contributed by atoms with Crippen LogP contribution in [0.3, 0.4) is 0 Å². The van der Waals surface area contributed by atoms with Gasteiger partial charge in [-0.25, -0.2) is 4.98 Å². The molecule has 0 aliphatic carbocycles. The summed E-state index contributed by atoms with van der Waals surface area (Å²) in [6.07, 6.45) is 0.557. The topological polar surface area (TPSA) is 59.4 Å². The Hall–Kier alpha value is -2.88. The number of carbonyl (C=O) groups excluding carboxylic acids is 1. The third-order valence-corrected chi connectivity index (χ3v) is 3.53. The number of hydrogen-bond donors (Lipinski definition) is 1. The summed E-state index contributed by atoms with van der Waals surface area (Å²) in [5.41, 5.74) is 1.82. The van der Waals surface area contributed by atoms with Crippen LogP contribution in [0.4, 0.5) is 0 Å². The van der Waals surface area contributed by atoms with Crippen molar-refractivity contribution in [2.45, 2.75) is 13.5 Å². The molecule has 0 amide bonds. The largest absolute Gasteiger partial charge is 0.505 e. The van der Waals surface area contributed by atoms with Gasteiger partial charge in [0.1, 0.15) is 18.1 Å². The summed E-state index contributed by atoms with van der Waals surface area (Å²) in [4.78, 5) is 15.0. The molecule has 4 heteroatoms. The number of fused-ring (bicyclic) bond motifs is 1. The van der Waals surface area contributed by atoms with Gasteiger partial charge in [-0.1, -0.05) is 30.3 Å². The van der Waals surface area contributed by atoms with Gasteiger partial charge in [-0.2, -0.15) is 0 Å². The van der Waals surface area contributed by atoms with E-state index in [9.17, 15) is 9.90 Å². The minimum absolute atomic E-state index is 0.0583. The van der Waals surface area contributed by atoms with Crippen LogP contribution < -0.4 is 4.74 Å². The zero-order chi connectivity index (χ0) is 15.5. The molecule has 0 aliphatic rings. The van der Waals surface area contributed by atoms with Crippen LogP contribution in [0.2, 0.25) is 0 Å². The number of aromatic hydroxyl groups is 1. The second-order valence-electron chi connectivity index (χ2n) is 5.03. The molecule has 0 atom stereocenters. The minimum atomic E-state index is -0.0924. The van der Waals surface area contributed by atoms with E-state index in [1.807, 2.05) is 36.4 Å². The number of aldehydes is 1. The van der Waals surface area contributed by atoms with Crippen molar-refractivity contribution < 1.29 is 14.6 Å². The lowest BCUT2D eigenvalue weighted by atomic mass is 10.1. The predicted octanol–water partition coefficient (Wildman–Crippen LogP) is 3.64. The zero-order valence-corrected chi connectivity index (χ0v) is 12.1. The number of rotatable bonds is 4. The van der Waals surface area contributed by atoms with E-state index < -0.39 is 0 Å². The highest BCUT2D eigenvalue weighted by Crippen LogP contribution is 2.31. The van der Waals surface area contributed by atoms with E-state index >= 15 is 0 Å². The van der Waals surface area contributed by atoms with Gasteiger partial charge in [0, 0.05) is 16.5 Å². The maximum Gasteiger partial charge on any atom is 0.172 e. The van der Waals surface area contributed by atoms with Gasteiger partial charge in [-0.3, -0.25) is 4.79 Å². The molecular formula is C18H15NO3. The molecule has 0 bridgehead atoms. The third-order valence-electron chi connectivity index (χ3n) is 3.53. The molecule has 0 radical (unpaired) electrons. The molecule has 0 saturated heterocycles. The molecule has 0 unspecified atom stereocenters. The van der Waals surface area contributed by atoms with Crippen LogP contribution in [0.1, 0.15) is 21.7 Å². The number of aryl methyl sites for hydroxylation is 1. The van der Waals surface area contributed by atoms with Crippen LogP contribution in [0.5, 0.6) is 11.5 Å². The average Bonchev–Trinajstić information content (AvgIpc) is 2.57. The van der Waals surface area contributed by atoms with Crippen LogP contribution in [0.25, 0.3) is 10.8 Å². The molecule has 3 rings (SSSR count). The Morgan fingerprint density at radius 2 is 1.91 bits per heavy atom. The van der Waals surface area contributed by atoms with Gasteiger partial charge in [-0.15, -0.1) is 0 Å². The van der Waals surface area contributed by atoms with Gasteiger partial charge in [0.25, 0.3) is 0 Å². The number of pyridine rings is 1. The van der Waals surface area contributed by atoms with Crippen LogP contribution >= 0.6 is 0 Å². The number of benzene rings is 2. The summed E-state index contributed by atoms with van der Waals surface area (Å²) in [5, 5.41) is 11.4. The molecule has 0 saturated carbocycles. The summed E-state index contributed by atoms with van der Waals surface area (Å²) in [6.45, 7) is 2.27. The molecule has 4 nitrogen and oxygen atoms in total. The molecule has 0 spiro atoms. The average molecular weight is 293 g/mol. The Morgan fingerprint density at radius 1 is 1.14 bits per heavy atom. The Balaban J connectivity index is 1.93. The summed E-state index contributed by atoms with van der Waals surface area (Å²) in [6, 6.07) is 15.2. The van der Waals surface area contributed by atoms with Crippen molar-refractivity contribution >= 4 is 17.1 Å². The fourth-order valence-electron chi connectivity index (χ4n) is 2.37. The van der Waals surface area contributed by atoms with Gasteiger partial charge < -0.3 is 9.84 Å². The summed E-state index contributed by atoms with van der Waals surface area (Å²) < 4.78 is 5.77. The van der Waals surface area contributed by atoms with Gasteiger partial charge in [0.2, 0.25) is 0 Å². The maximum absolute atomic E-state index is 10.9. The smallest absolute Gasteiger partial charge is 0.172 e. The fraction of sp³-hybridized carbons (Fsp3) is 0.111. The summed E-state index contributed by atoms with van der Waals surface area (Å²) in [5.74, 6) is 0.602. The first kappa shape index (κ1) is 14.1. The van der Waals surface area contributed by atoms with E-state index in [1.54, 1.807) is 19.1 Å². The van der Waals surface area contributed by atoms with E-state index in [4.69, 9.17) is 4.74 Å². The standard InChI is InChI=1S/C18H15NO3/c1-12-16-9-14(22-11-13-5-3-2-4-6-13)7-8-15(16)18(21)17(10-20)19-12/h2-10,21H,11H2,1H3. The van der Waals surface area contributed by atoms with Crippen molar-refractivity contribution in [3.63, 3.8) is 0 Å². The number of nitrogens with zero attached hydrogens (tertiary/aromatic N) is 1. The molecule has 0 aliphatic heterocycles. The van der Waals surface area contributed by atoms with E-state index in [1.165, 1.54) is 0 Å².